The lowest BCUT2D eigenvalue weighted by molar-refractivity contribution is -0.141. The number of hydrogen-bond acceptors (Lipinski definition) is 7. The second-order valence-corrected chi connectivity index (χ2v) is 9.87. The van der Waals surface area contributed by atoms with Crippen molar-refractivity contribution in [3.8, 4) is 0 Å². The van der Waals surface area contributed by atoms with Gasteiger partial charge in [0.1, 0.15) is 23.1 Å². The Kier molecular flexibility index (Phi) is 6.31. The van der Waals surface area contributed by atoms with E-state index in [1.165, 1.54) is 11.0 Å². The Morgan fingerprint density at radius 3 is 2.53 bits per heavy atom. The summed E-state index contributed by atoms with van der Waals surface area (Å²) in [5.74, 6) is 0.816. The maximum absolute atomic E-state index is 12.8. The van der Waals surface area contributed by atoms with Crippen LogP contribution in [0.2, 0.25) is 0 Å². The van der Waals surface area contributed by atoms with Gasteiger partial charge in [-0.25, -0.2) is 19.6 Å². The van der Waals surface area contributed by atoms with Gasteiger partial charge >= 0.3 is 6.18 Å². The zero-order valence-electron chi connectivity index (χ0n) is 20.2. The van der Waals surface area contributed by atoms with Gasteiger partial charge in [0.2, 0.25) is 6.41 Å². The van der Waals surface area contributed by atoms with Crippen LogP contribution in [0.15, 0.2) is 24.5 Å². The molecular weight excluding hydrogens is 475 g/mol. The normalized spacial score (nSPS) is 18.3. The highest BCUT2D eigenvalue weighted by atomic mass is 19.4. The molecule has 0 aromatic carbocycles. The molecule has 0 unspecified atom stereocenters. The largest absolute Gasteiger partial charge is 0.433 e. The molecule has 0 aliphatic carbocycles. The number of ether oxygens (including phenoxy) is 1. The number of nitrogens with zero attached hydrogens (tertiary/aromatic N) is 7. The Morgan fingerprint density at radius 1 is 1.19 bits per heavy atom. The summed E-state index contributed by atoms with van der Waals surface area (Å²) in [7, 11) is 0. The topological polar surface area (TPSA) is 89.3 Å². The SMILES string of the molecule is Cc1nn(C2COC2)c2nc(N3CCC(C)(CCN(C=O)c4ccc(C(F)(F)F)nc4)CC3)cnc12. The standard InChI is InChI=1S/C24H28F3N7O2/c1-16-21-22(34(31-16)18-13-36-14-18)30-20(12-29-21)32-8-5-23(2,6-9-32)7-10-33(15-35)17-3-4-19(28-11-17)24(25,26)27/h3-4,11-12,15,18H,5-10,13-14H2,1-2H3. The Hall–Kier alpha value is -3.28. The van der Waals surface area contributed by atoms with Crippen molar-refractivity contribution in [2.45, 2.75) is 45.3 Å². The fraction of sp³-hybridized carbons (Fsp3) is 0.542. The molecule has 9 nitrogen and oxygen atoms in total. The lowest BCUT2D eigenvalue weighted by Crippen LogP contribution is -2.41. The number of carbonyl (C=O) groups excluding carboxylic acids is 1. The summed E-state index contributed by atoms with van der Waals surface area (Å²) < 4.78 is 45.6. The summed E-state index contributed by atoms with van der Waals surface area (Å²) in [5, 5.41) is 4.61. The van der Waals surface area contributed by atoms with E-state index in [0.717, 1.165) is 67.3 Å². The van der Waals surface area contributed by atoms with Gasteiger partial charge in [-0.2, -0.15) is 18.3 Å². The molecule has 2 fully saturated rings. The van der Waals surface area contributed by atoms with E-state index < -0.39 is 11.9 Å². The van der Waals surface area contributed by atoms with Gasteiger partial charge in [-0.1, -0.05) is 6.92 Å². The third-order valence-electron chi connectivity index (χ3n) is 7.27. The molecule has 2 saturated heterocycles. The first-order valence-electron chi connectivity index (χ1n) is 12.0. The highest BCUT2D eigenvalue weighted by molar-refractivity contribution is 5.75. The van der Waals surface area contributed by atoms with E-state index >= 15 is 0 Å². The minimum Gasteiger partial charge on any atom is -0.377 e. The molecule has 0 bridgehead atoms. The molecule has 12 heteroatoms. The van der Waals surface area contributed by atoms with Crippen LogP contribution in [0.5, 0.6) is 0 Å². The van der Waals surface area contributed by atoms with Crippen molar-refractivity contribution in [1.29, 1.82) is 0 Å². The summed E-state index contributed by atoms with van der Waals surface area (Å²) in [5.41, 5.74) is 1.79. The van der Waals surface area contributed by atoms with Gasteiger partial charge in [0.05, 0.1) is 37.0 Å². The highest BCUT2D eigenvalue weighted by Gasteiger charge is 2.34. The summed E-state index contributed by atoms with van der Waals surface area (Å²) in [6.07, 6.45) is 1.53. The highest BCUT2D eigenvalue weighted by Crippen LogP contribution is 2.37. The van der Waals surface area contributed by atoms with Crippen LogP contribution in [0.25, 0.3) is 11.2 Å². The number of aromatic nitrogens is 5. The maximum atomic E-state index is 12.8. The summed E-state index contributed by atoms with van der Waals surface area (Å²) in [4.78, 5) is 28.3. The zero-order valence-corrected chi connectivity index (χ0v) is 20.2. The third-order valence-corrected chi connectivity index (χ3v) is 7.27. The number of pyridine rings is 1. The van der Waals surface area contributed by atoms with Gasteiger partial charge in [-0.3, -0.25) is 4.79 Å². The number of anilines is 2. The van der Waals surface area contributed by atoms with E-state index in [1.807, 2.05) is 11.6 Å². The monoisotopic (exact) mass is 503 g/mol. The average Bonchev–Trinajstić information content (AvgIpc) is 3.14. The molecule has 2 aliphatic rings. The second kappa shape index (κ2) is 9.30. The van der Waals surface area contributed by atoms with Crippen LogP contribution in [0.1, 0.15) is 43.6 Å². The fourth-order valence-electron chi connectivity index (χ4n) is 4.70. The van der Waals surface area contributed by atoms with E-state index in [9.17, 15) is 18.0 Å². The van der Waals surface area contributed by atoms with Crippen molar-refractivity contribution in [2.75, 3.05) is 42.6 Å². The van der Waals surface area contributed by atoms with Crippen molar-refractivity contribution in [3.63, 3.8) is 0 Å². The molecule has 5 rings (SSSR count). The van der Waals surface area contributed by atoms with Crippen molar-refractivity contribution in [2.24, 2.45) is 5.41 Å². The lowest BCUT2D eigenvalue weighted by atomic mass is 9.77. The third kappa shape index (κ3) is 4.73. The molecule has 0 radical (unpaired) electrons. The first-order valence-corrected chi connectivity index (χ1v) is 12.0. The number of carbonyl (C=O) groups is 1. The molecule has 5 heterocycles. The van der Waals surface area contributed by atoms with Crippen LogP contribution >= 0.6 is 0 Å². The molecule has 36 heavy (non-hydrogen) atoms. The van der Waals surface area contributed by atoms with Crippen LogP contribution in [-0.4, -0.2) is 64.0 Å². The molecule has 3 aromatic heterocycles. The summed E-state index contributed by atoms with van der Waals surface area (Å²) in [6, 6.07) is 2.37. The van der Waals surface area contributed by atoms with E-state index in [2.05, 4.69) is 26.9 Å². The molecule has 0 N–H and O–H groups in total. The van der Waals surface area contributed by atoms with Crippen LogP contribution in [0.4, 0.5) is 24.7 Å². The van der Waals surface area contributed by atoms with E-state index in [0.29, 0.717) is 31.9 Å². The van der Waals surface area contributed by atoms with Gasteiger partial charge in [0.25, 0.3) is 0 Å². The lowest BCUT2D eigenvalue weighted by Gasteiger charge is -2.40. The van der Waals surface area contributed by atoms with Crippen molar-refractivity contribution in [1.82, 2.24) is 24.7 Å². The number of hydrogen-bond donors (Lipinski definition) is 0. The van der Waals surface area contributed by atoms with Gasteiger partial charge in [-0.05, 0) is 43.7 Å². The predicted molar refractivity (Wildman–Crippen MR) is 127 cm³/mol. The van der Waals surface area contributed by atoms with Crippen LogP contribution in [0, 0.1) is 12.3 Å². The molecule has 2 aliphatic heterocycles. The molecule has 0 saturated carbocycles. The zero-order chi connectivity index (χ0) is 25.5. The van der Waals surface area contributed by atoms with Gasteiger partial charge in [-0.15, -0.1) is 0 Å². The molecule has 192 valence electrons. The van der Waals surface area contributed by atoms with E-state index in [-0.39, 0.29) is 11.5 Å². The molecule has 0 spiro atoms. The number of alkyl halides is 3. The number of piperidine rings is 1. The first kappa shape index (κ1) is 24.4. The van der Waals surface area contributed by atoms with E-state index in [1.54, 1.807) is 6.20 Å². The minimum atomic E-state index is -4.51. The van der Waals surface area contributed by atoms with Gasteiger partial charge < -0.3 is 14.5 Å². The number of halogens is 3. The Labute approximate surface area is 206 Å². The molecule has 0 atom stereocenters. The van der Waals surface area contributed by atoms with Crippen molar-refractivity contribution in [3.05, 3.63) is 35.9 Å². The number of rotatable bonds is 7. The van der Waals surface area contributed by atoms with Gasteiger partial charge in [0, 0.05) is 19.6 Å². The van der Waals surface area contributed by atoms with Crippen LogP contribution in [-0.2, 0) is 15.7 Å². The molecular formula is C24H28F3N7O2. The Morgan fingerprint density at radius 2 is 1.94 bits per heavy atom. The number of aryl methyl sites for hydroxylation is 1. The summed E-state index contributed by atoms with van der Waals surface area (Å²) >= 11 is 0. The number of amides is 1. The fourth-order valence-corrected chi connectivity index (χ4v) is 4.70. The minimum absolute atomic E-state index is 0.0176. The van der Waals surface area contributed by atoms with Crippen LogP contribution in [0.3, 0.4) is 0 Å². The second-order valence-electron chi connectivity index (χ2n) is 9.87. The molecule has 1 amide bonds. The summed E-state index contributed by atoms with van der Waals surface area (Å²) in [6.45, 7) is 7.36. The number of fused-ring (bicyclic) bond motifs is 1. The quantitative estimate of drug-likeness (QED) is 0.454. The average molecular weight is 504 g/mol. The Balaban J connectivity index is 1.22. The van der Waals surface area contributed by atoms with Crippen molar-refractivity contribution >= 4 is 29.1 Å². The first-order chi connectivity index (χ1) is 17.2. The predicted octanol–water partition coefficient (Wildman–Crippen LogP) is 3.78. The van der Waals surface area contributed by atoms with Crippen molar-refractivity contribution < 1.29 is 22.7 Å². The Bertz CT molecular complexity index is 1230. The molecule has 3 aromatic rings. The van der Waals surface area contributed by atoms with Crippen LogP contribution < -0.4 is 9.80 Å². The maximum Gasteiger partial charge on any atom is 0.433 e. The van der Waals surface area contributed by atoms with Gasteiger partial charge in [0.15, 0.2) is 5.65 Å². The smallest absolute Gasteiger partial charge is 0.377 e. The van der Waals surface area contributed by atoms with E-state index in [4.69, 9.17) is 9.72 Å².